The number of benzene rings is 1. The van der Waals surface area contributed by atoms with Crippen LogP contribution >= 0.6 is 22.9 Å². The number of sulfonamides is 1. The number of aromatic nitrogens is 1. The van der Waals surface area contributed by atoms with E-state index >= 15 is 0 Å². The lowest BCUT2D eigenvalue weighted by atomic mass is 9.92. The van der Waals surface area contributed by atoms with E-state index in [1.54, 1.807) is 11.3 Å². The summed E-state index contributed by atoms with van der Waals surface area (Å²) in [6.07, 6.45) is 5.80. The molecule has 1 atom stereocenters. The molecule has 2 aliphatic rings. The lowest BCUT2D eigenvalue weighted by molar-refractivity contribution is 0.129. The third-order valence-corrected chi connectivity index (χ3v) is 9.69. The van der Waals surface area contributed by atoms with Crippen molar-refractivity contribution in [2.24, 2.45) is 5.92 Å². The Labute approximate surface area is 198 Å². The van der Waals surface area contributed by atoms with Gasteiger partial charge < -0.3 is 5.73 Å². The van der Waals surface area contributed by atoms with Gasteiger partial charge >= 0.3 is 0 Å². The van der Waals surface area contributed by atoms with Crippen LogP contribution in [0.15, 0.2) is 23.1 Å². The van der Waals surface area contributed by atoms with Crippen LogP contribution in [0.5, 0.6) is 0 Å². The highest BCUT2D eigenvalue weighted by Gasteiger charge is 2.32. The Balaban J connectivity index is 1.37. The predicted octanol–water partition coefficient (Wildman–Crippen LogP) is 4.19. The average molecular weight is 501 g/mol. The van der Waals surface area contributed by atoms with Crippen molar-refractivity contribution >= 4 is 38.1 Å². The molecule has 6 nitrogen and oxygen atoms in total. The van der Waals surface area contributed by atoms with Crippen LogP contribution in [0.1, 0.15) is 43.2 Å². The number of fused-ring (bicyclic) bond motifs is 1. The number of rotatable bonds is 7. The molecule has 1 aliphatic heterocycles. The second kappa shape index (κ2) is 9.93. The van der Waals surface area contributed by atoms with E-state index < -0.39 is 15.8 Å². The van der Waals surface area contributed by atoms with Gasteiger partial charge in [0.2, 0.25) is 10.0 Å². The normalized spacial score (nSPS) is 20.6. The van der Waals surface area contributed by atoms with Crippen LogP contribution in [0.25, 0.3) is 0 Å². The Bertz CT molecular complexity index is 1050. The molecule has 1 saturated heterocycles. The van der Waals surface area contributed by atoms with Crippen LogP contribution in [0.2, 0.25) is 5.02 Å². The van der Waals surface area contributed by atoms with Crippen LogP contribution in [-0.4, -0.2) is 54.8 Å². The zero-order valence-electron chi connectivity index (χ0n) is 18.3. The van der Waals surface area contributed by atoms with Crippen molar-refractivity contribution in [2.75, 3.05) is 31.9 Å². The monoisotopic (exact) mass is 500 g/mol. The fourth-order valence-corrected chi connectivity index (χ4v) is 7.54. The van der Waals surface area contributed by atoms with Crippen LogP contribution < -0.4 is 5.73 Å². The average Bonchev–Trinajstić information content (AvgIpc) is 3.15. The van der Waals surface area contributed by atoms with Crippen LogP contribution in [0.4, 0.5) is 9.52 Å². The molecule has 1 aromatic heterocycles. The molecule has 10 heteroatoms. The Hall–Kier alpha value is -1.26. The van der Waals surface area contributed by atoms with E-state index in [2.05, 4.69) is 16.8 Å². The molecule has 1 fully saturated rings. The van der Waals surface area contributed by atoms with E-state index in [1.165, 1.54) is 27.0 Å². The highest BCUT2D eigenvalue weighted by molar-refractivity contribution is 7.89. The first-order chi connectivity index (χ1) is 15.3. The zero-order valence-corrected chi connectivity index (χ0v) is 20.7. The predicted molar refractivity (Wildman–Crippen MR) is 127 cm³/mol. The van der Waals surface area contributed by atoms with Crippen LogP contribution in [0, 0.1) is 11.7 Å². The summed E-state index contributed by atoms with van der Waals surface area (Å²) in [4.78, 5) is 8.42. The van der Waals surface area contributed by atoms with Crippen molar-refractivity contribution in [3.8, 4) is 0 Å². The Morgan fingerprint density at radius 1 is 1.31 bits per heavy atom. The summed E-state index contributed by atoms with van der Waals surface area (Å²) in [5.74, 6) is -0.158. The molecule has 0 spiro atoms. The smallest absolute Gasteiger partial charge is 0.243 e. The highest BCUT2D eigenvalue weighted by atomic mass is 35.5. The molecule has 1 aromatic carbocycles. The summed E-state index contributed by atoms with van der Waals surface area (Å²) in [5, 5.41) is 0.489. The number of piperidine rings is 1. The second-order valence-corrected chi connectivity index (χ2v) is 12.2. The number of nitrogen functional groups attached to an aromatic ring is 1. The molecular weight excluding hydrogens is 471 g/mol. The fourth-order valence-electron chi connectivity index (χ4n) is 4.85. The van der Waals surface area contributed by atoms with Gasteiger partial charge in [-0.05, 0) is 69.2 Å². The number of hydrogen-bond acceptors (Lipinski definition) is 6. The summed E-state index contributed by atoms with van der Waals surface area (Å²) in [7, 11) is -3.66. The van der Waals surface area contributed by atoms with Crippen molar-refractivity contribution in [3.05, 3.63) is 39.6 Å². The fraction of sp³-hybridized carbons (Fsp3) is 0.591. The Morgan fingerprint density at radius 2 is 2.06 bits per heavy atom. The number of anilines is 1. The first kappa shape index (κ1) is 23.9. The molecule has 2 N–H and O–H groups in total. The highest BCUT2D eigenvalue weighted by Crippen LogP contribution is 2.32. The van der Waals surface area contributed by atoms with Crippen molar-refractivity contribution in [1.82, 2.24) is 14.2 Å². The van der Waals surface area contributed by atoms with Gasteiger partial charge in [-0.1, -0.05) is 18.5 Å². The molecule has 32 heavy (non-hydrogen) atoms. The number of thiazole rings is 1. The number of hydrogen-bond donors (Lipinski definition) is 1. The van der Waals surface area contributed by atoms with E-state index in [4.69, 9.17) is 17.3 Å². The molecule has 1 aliphatic carbocycles. The minimum absolute atomic E-state index is 0.0526. The summed E-state index contributed by atoms with van der Waals surface area (Å²) in [6, 6.07) is 4.09. The van der Waals surface area contributed by atoms with Gasteiger partial charge in [0.15, 0.2) is 5.13 Å². The maximum Gasteiger partial charge on any atom is 0.243 e. The van der Waals surface area contributed by atoms with Gasteiger partial charge in [-0.25, -0.2) is 17.8 Å². The SMILES string of the molecule is CCCN(CC1CCN(S(=O)(=O)c2ccc(F)c(Cl)c2)CC1)[C@H]1CCc2nc(N)sc2C1. The van der Waals surface area contributed by atoms with Gasteiger partial charge in [-0.3, -0.25) is 4.90 Å². The van der Waals surface area contributed by atoms with Crippen molar-refractivity contribution in [1.29, 1.82) is 0 Å². The third kappa shape index (κ3) is 5.12. The topological polar surface area (TPSA) is 79.5 Å². The van der Waals surface area contributed by atoms with Gasteiger partial charge in [0.05, 0.1) is 15.6 Å². The van der Waals surface area contributed by atoms with Gasteiger partial charge in [0.1, 0.15) is 5.82 Å². The minimum Gasteiger partial charge on any atom is -0.375 e. The molecule has 4 rings (SSSR count). The molecule has 2 aromatic rings. The van der Waals surface area contributed by atoms with E-state index in [1.807, 2.05) is 0 Å². The number of halogens is 2. The van der Waals surface area contributed by atoms with E-state index in [9.17, 15) is 12.8 Å². The molecule has 2 heterocycles. The lowest BCUT2D eigenvalue weighted by Crippen LogP contribution is -2.45. The quantitative estimate of drug-likeness (QED) is 0.616. The van der Waals surface area contributed by atoms with Crippen molar-refractivity contribution in [3.63, 3.8) is 0 Å². The summed E-state index contributed by atoms with van der Waals surface area (Å²) >= 11 is 7.41. The molecule has 0 radical (unpaired) electrons. The summed E-state index contributed by atoms with van der Waals surface area (Å²) in [6.45, 7) is 5.18. The van der Waals surface area contributed by atoms with Crippen molar-refractivity contribution in [2.45, 2.75) is 56.4 Å². The van der Waals surface area contributed by atoms with Crippen LogP contribution in [-0.2, 0) is 22.9 Å². The van der Waals surface area contributed by atoms with E-state index in [0.29, 0.717) is 30.2 Å². The third-order valence-electron chi connectivity index (χ3n) is 6.55. The van der Waals surface area contributed by atoms with E-state index in [-0.39, 0.29) is 9.92 Å². The lowest BCUT2D eigenvalue weighted by Gasteiger charge is -2.38. The van der Waals surface area contributed by atoms with E-state index in [0.717, 1.165) is 57.7 Å². The Morgan fingerprint density at radius 3 is 2.75 bits per heavy atom. The molecule has 176 valence electrons. The number of aryl methyl sites for hydroxylation is 1. The Kier molecular flexibility index (Phi) is 7.41. The van der Waals surface area contributed by atoms with Crippen molar-refractivity contribution < 1.29 is 12.8 Å². The van der Waals surface area contributed by atoms with Gasteiger partial charge in [0, 0.05) is 30.6 Å². The zero-order chi connectivity index (χ0) is 22.9. The molecule has 0 saturated carbocycles. The number of nitrogens with zero attached hydrogens (tertiary/aromatic N) is 3. The standard InChI is InChI=1S/C22H30ClFN4O2S2/c1-2-9-27(16-3-6-20-21(12-16)31-22(25)26-20)14-15-7-10-28(11-8-15)32(29,30)17-4-5-19(24)18(23)13-17/h4-5,13,15-16H,2-3,6-12,14H2,1H3,(H2,25,26)/t16-/m0/s1. The molecule has 0 unspecified atom stereocenters. The maximum atomic E-state index is 13.4. The molecular formula is C22H30ClFN4O2S2. The summed E-state index contributed by atoms with van der Waals surface area (Å²) < 4.78 is 40.9. The van der Waals surface area contributed by atoms with Gasteiger partial charge in [0.25, 0.3) is 0 Å². The van der Waals surface area contributed by atoms with Gasteiger partial charge in [-0.15, -0.1) is 11.3 Å². The molecule has 0 bridgehead atoms. The molecule has 0 amide bonds. The first-order valence-corrected chi connectivity index (χ1v) is 13.8. The first-order valence-electron chi connectivity index (χ1n) is 11.2. The number of nitrogens with two attached hydrogens (primary N) is 1. The largest absolute Gasteiger partial charge is 0.375 e. The maximum absolute atomic E-state index is 13.4. The van der Waals surface area contributed by atoms with Crippen LogP contribution in [0.3, 0.4) is 0 Å². The minimum atomic E-state index is -3.66. The summed E-state index contributed by atoms with van der Waals surface area (Å²) in [5.41, 5.74) is 7.07. The second-order valence-electron chi connectivity index (χ2n) is 8.74. The van der Waals surface area contributed by atoms with Gasteiger partial charge in [-0.2, -0.15) is 4.31 Å².